The number of piperidine rings is 1. The van der Waals surface area contributed by atoms with Gasteiger partial charge in [-0.25, -0.2) is 18.6 Å². The normalized spacial score (nSPS) is 18.5. The van der Waals surface area contributed by atoms with Crippen LogP contribution in [0.4, 0.5) is 13.6 Å². The molecule has 4 aromatic rings. The number of carbonyl (C=O) groups excluding carboxylic acids is 2. The van der Waals surface area contributed by atoms with Crippen LogP contribution in [0, 0.1) is 5.82 Å². The van der Waals surface area contributed by atoms with Gasteiger partial charge in [-0.3, -0.25) is 14.1 Å². The Bertz CT molecular complexity index is 1690. The smallest absolute Gasteiger partial charge is 0.410 e. The number of nitrogens with one attached hydrogen (secondary N) is 1. The number of alkyl halides is 1. The van der Waals surface area contributed by atoms with Crippen LogP contribution in [0.15, 0.2) is 42.6 Å². The Hall–Kier alpha value is -3.61. The predicted molar refractivity (Wildman–Crippen MR) is 170 cm³/mol. The Morgan fingerprint density at radius 3 is 2.69 bits per heavy atom. The third-order valence-electron chi connectivity index (χ3n) is 8.22. The highest BCUT2D eigenvalue weighted by molar-refractivity contribution is 7.23. The van der Waals surface area contributed by atoms with Crippen LogP contribution in [0.5, 0.6) is 0 Å². The molecule has 0 radical (unpaired) electrons. The van der Waals surface area contributed by atoms with E-state index in [2.05, 4.69) is 10.2 Å². The number of hydrogen-bond donors (Lipinski definition) is 1. The summed E-state index contributed by atoms with van der Waals surface area (Å²) in [6.45, 7) is 9.40. The minimum Gasteiger partial charge on any atom is -0.444 e. The van der Waals surface area contributed by atoms with Crippen LogP contribution in [0.3, 0.4) is 0 Å². The van der Waals surface area contributed by atoms with Crippen molar-refractivity contribution in [1.29, 1.82) is 0 Å². The molecule has 240 valence electrons. The monoisotopic (exact) mass is 639 g/mol. The first-order valence-corrected chi connectivity index (χ1v) is 16.3. The third-order valence-corrected chi connectivity index (χ3v) is 9.24. The highest BCUT2D eigenvalue weighted by atomic mass is 32.1. The highest BCUT2D eigenvalue weighted by Crippen LogP contribution is 2.33. The standard InChI is InChI=1S/C33H39F2N5O4S/c1-33(2,3)44-32(42)39-15-16-43-20-28(39)21-5-7-24(25(35)17-21)26-19-40-27-8-6-22(18-29(27)45-31(40)37-26)30(41)36-11-4-12-38-13-9-23(34)10-14-38/h5-8,17-19,23,28H,4,9-16,20H2,1-3H3,(H,36,41). The average Bonchev–Trinajstić information content (AvgIpc) is 3.57. The van der Waals surface area contributed by atoms with Crippen LogP contribution in [-0.2, 0) is 9.47 Å². The van der Waals surface area contributed by atoms with Crippen molar-refractivity contribution in [2.24, 2.45) is 0 Å². The summed E-state index contributed by atoms with van der Waals surface area (Å²) in [6, 6.07) is 9.99. The van der Waals surface area contributed by atoms with Crippen LogP contribution >= 0.6 is 11.3 Å². The van der Waals surface area contributed by atoms with Gasteiger partial charge in [0.1, 0.15) is 17.6 Å². The molecule has 2 aromatic carbocycles. The first kappa shape index (κ1) is 31.4. The average molecular weight is 640 g/mol. The number of fused-ring (bicyclic) bond motifs is 3. The van der Waals surface area contributed by atoms with Crippen LogP contribution in [-0.4, -0.2) is 88.9 Å². The summed E-state index contributed by atoms with van der Waals surface area (Å²) in [5, 5.41) is 2.99. The van der Waals surface area contributed by atoms with Gasteiger partial charge < -0.3 is 19.7 Å². The molecular weight excluding hydrogens is 600 g/mol. The molecule has 1 unspecified atom stereocenters. The summed E-state index contributed by atoms with van der Waals surface area (Å²) in [4.78, 5) is 34.9. The number of aromatic nitrogens is 2. The molecule has 6 rings (SSSR count). The minimum absolute atomic E-state index is 0.137. The van der Waals surface area contributed by atoms with E-state index in [4.69, 9.17) is 14.5 Å². The summed E-state index contributed by atoms with van der Waals surface area (Å²) >= 11 is 1.43. The number of amides is 2. The van der Waals surface area contributed by atoms with Crippen molar-refractivity contribution >= 4 is 38.5 Å². The molecule has 1 atom stereocenters. The fourth-order valence-electron chi connectivity index (χ4n) is 5.87. The third kappa shape index (κ3) is 7.13. The largest absolute Gasteiger partial charge is 0.444 e. The molecule has 2 fully saturated rings. The van der Waals surface area contributed by atoms with E-state index in [1.807, 2.05) is 37.3 Å². The summed E-state index contributed by atoms with van der Waals surface area (Å²) in [5.74, 6) is -0.579. The van der Waals surface area contributed by atoms with Gasteiger partial charge in [0.2, 0.25) is 0 Å². The maximum atomic E-state index is 15.5. The number of thiazole rings is 1. The number of carbonyl (C=O) groups is 2. The molecular formula is C33H39F2N5O4S. The van der Waals surface area contributed by atoms with E-state index in [9.17, 15) is 14.0 Å². The minimum atomic E-state index is -0.683. The van der Waals surface area contributed by atoms with E-state index >= 15 is 4.39 Å². The Kier molecular flexibility index (Phi) is 9.07. The van der Waals surface area contributed by atoms with Crippen LogP contribution in [0.25, 0.3) is 26.4 Å². The molecule has 2 aliphatic heterocycles. The number of morpholine rings is 1. The molecule has 2 saturated heterocycles. The van der Waals surface area contributed by atoms with Crippen molar-refractivity contribution in [1.82, 2.24) is 24.5 Å². The van der Waals surface area contributed by atoms with E-state index in [0.29, 0.717) is 59.9 Å². The molecule has 45 heavy (non-hydrogen) atoms. The van der Waals surface area contributed by atoms with Gasteiger partial charge in [0.25, 0.3) is 5.91 Å². The van der Waals surface area contributed by atoms with Gasteiger partial charge in [-0.2, -0.15) is 0 Å². The lowest BCUT2D eigenvalue weighted by Gasteiger charge is -2.36. The fourth-order valence-corrected chi connectivity index (χ4v) is 6.92. The molecule has 0 spiro atoms. The summed E-state index contributed by atoms with van der Waals surface area (Å²) < 4.78 is 42.9. The Morgan fingerprint density at radius 1 is 1.13 bits per heavy atom. The zero-order valence-corrected chi connectivity index (χ0v) is 26.7. The number of hydrogen-bond acceptors (Lipinski definition) is 7. The molecule has 12 heteroatoms. The topological polar surface area (TPSA) is 88.4 Å². The molecule has 0 bridgehead atoms. The summed E-state index contributed by atoms with van der Waals surface area (Å²) in [5.41, 5.74) is 2.28. The molecule has 2 aliphatic rings. The van der Waals surface area contributed by atoms with Crippen LogP contribution in [0.2, 0.25) is 0 Å². The Morgan fingerprint density at radius 2 is 1.93 bits per heavy atom. The van der Waals surface area contributed by atoms with Gasteiger partial charge >= 0.3 is 6.09 Å². The maximum absolute atomic E-state index is 15.5. The number of benzene rings is 2. The van der Waals surface area contributed by atoms with E-state index < -0.39 is 29.7 Å². The second-order valence-electron chi connectivity index (χ2n) is 12.7. The first-order valence-electron chi connectivity index (χ1n) is 15.5. The van der Waals surface area contributed by atoms with Crippen molar-refractivity contribution < 1.29 is 27.8 Å². The van der Waals surface area contributed by atoms with Crippen molar-refractivity contribution in [2.75, 3.05) is 45.9 Å². The number of nitrogens with zero attached hydrogens (tertiary/aromatic N) is 4. The van der Waals surface area contributed by atoms with Gasteiger partial charge in [0.15, 0.2) is 4.96 Å². The molecule has 1 N–H and O–H groups in total. The lowest BCUT2D eigenvalue weighted by atomic mass is 10.0. The maximum Gasteiger partial charge on any atom is 0.410 e. The Balaban J connectivity index is 1.13. The first-order chi connectivity index (χ1) is 21.6. The molecule has 9 nitrogen and oxygen atoms in total. The molecule has 4 heterocycles. The van der Waals surface area contributed by atoms with Gasteiger partial charge in [-0.05, 0) is 82.5 Å². The predicted octanol–water partition coefficient (Wildman–Crippen LogP) is 6.22. The van der Waals surface area contributed by atoms with Gasteiger partial charge in [0.05, 0.1) is 35.2 Å². The second-order valence-corrected chi connectivity index (χ2v) is 13.7. The molecule has 0 aliphatic carbocycles. The summed E-state index contributed by atoms with van der Waals surface area (Å²) in [6.07, 6.45) is 2.66. The zero-order chi connectivity index (χ0) is 31.7. The van der Waals surface area contributed by atoms with Crippen LogP contribution in [0.1, 0.15) is 62.0 Å². The SMILES string of the molecule is CC(C)(C)OC(=O)N1CCOCC1c1ccc(-c2cn3c(n2)sc2cc(C(=O)NCCCN4CCC(F)CC4)ccc23)c(F)c1. The van der Waals surface area contributed by atoms with Crippen molar-refractivity contribution in [3.63, 3.8) is 0 Å². The van der Waals surface area contributed by atoms with Gasteiger partial charge in [-0.1, -0.05) is 17.4 Å². The summed E-state index contributed by atoms with van der Waals surface area (Å²) in [7, 11) is 0. The second kappa shape index (κ2) is 13.0. The number of ether oxygens (including phenoxy) is 2. The quantitative estimate of drug-likeness (QED) is 0.242. The molecule has 0 saturated carbocycles. The molecule has 2 amide bonds. The number of likely N-dealkylation sites (tertiary alicyclic amines) is 1. The van der Waals surface area contributed by atoms with E-state index in [0.717, 1.165) is 36.3 Å². The van der Waals surface area contributed by atoms with Crippen molar-refractivity contribution in [3.8, 4) is 11.3 Å². The van der Waals surface area contributed by atoms with E-state index in [-0.39, 0.29) is 12.5 Å². The molecule has 2 aromatic heterocycles. The fraction of sp³-hybridized carbons (Fsp3) is 0.485. The number of imidazole rings is 1. The van der Waals surface area contributed by atoms with Gasteiger partial charge in [-0.15, -0.1) is 0 Å². The Labute approximate surface area is 265 Å². The van der Waals surface area contributed by atoms with Gasteiger partial charge in [0, 0.05) is 43.5 Å². The van der Waals surface area contributed by atoms with Crippen molar-refractivity contribution in [2.45, 2.75) is 57.8 Å². The highest BCUT2D eigenvalue weighted by Gasteiger charge is 2.32. The number of rotatable bonds is 7. The lowest BCUT2D eigenvalue weighted by molar-refractivity contribution is -0.0331. The lowest BCUT2D eigenvalue weighted by Crippen LogP contribution is -2.45. The van der Waals surface area contributed by atoms with E-state index in [1.54, 1.807) is 29.3 Å². The number of halogens is 2. The van der Waals surface area contributed by atoms with Crippen LogP contribution < -0.4 is 5.32 Å². The zero-order valence-electron chi connectivity index (χ0n) is 25.9. The van der Waals surface area contributed by atoms with E-state index in [1.165, 1.54) is 17.4 Å². The van der Waals surface area contributed by atoms with Crippen molar-refractivity contribution in [3.05, 3.63) is 59.5 Å².